The molecule has 38 heavy (non-hydrogen) atoms. The fraction of sp³-hybridized carbons (Fsp3) is 0.200. The second kappa shape index (κ2) is 10.7. The van der Waals surface area contributed by atoms with E-state index in [0.717, 1.165) is 16.7 Å². The minimum Gasteiger partial charge on any atom is -0.497 e. The van der Waals surface area contributed by atoms with Crippen molar-refractivity contribution < 1.29 is 28.2 Å². The summed E-state index contributed by atoms with van der Waals surface area (Å²) in [6.45, 7) is 1.03. The Morgan fingerprint density at radius 1 is 0.842 bits per heavy atom. The molecule has 0 bridgehead atoms. The van der Waals surface area contributed by atoms with Crippen LogP contribution in [0.3, 0.4) is 0 Å². The molecule has 1 aliphatic heterocycles. The third-order valence-electron chi connectivity index (χ3n) is 6.58. The standard InChI is InChI=1S/C30H28N2O6/c1-35-24-9-7-19(8-10-24)29(33)31-23-6-4-5-21(15-23)25-11-12-26(38-25)30(34)32-14-13-20-16-27(36-2)28(37-3)17-22(20)18-32/h4-12,15-17H,13-14,18H2,1-3H3,(H,31,33). The molecule has 0 saturated heterocycles. The molecule has 0 fully saturated rings. The van der Waals surface area contributed by atoms with E-state index in [0.29, 0.717) is 53.8 Å². The van der Waals surface area contributed by atoms with Gasteiger partial charge in [0.2, 0.25) is 0 Å². The average Bonchev–Trinajstić information content (AvgIpc) is 3.46. The maximum Gasteiger partial charge on any atom is 0.289 e. The first-order valence-electron chi connectivity index (χ1n) is 12.2. The molecule has 0 radical (unpaired) electrons. The van der Waals surface area contributed by atoms with Crippen LogP contribution in [0.5, 0.6) is 17.2 Å². The number of nitrogens with zero attached hydrogens (tertiary/aromatic N) is 1. The van der Waals surface area contributed by atoms with Crippen LogP contribution in [-0.4, -0.2) is 44.6 Å². The Labute approximate surface area is 220 Å². The third-order valence-corrected chi connectivity index (χ3v) is 6.58. The first-order valence-corrected chi connectivity index (χ1v) is 12.2. The van der Waals surface area contributed by atoms with E-state index in [4.69, 9.17) is 18.6 Å². The minimum atomic E-state index is -0.236. The van der Waals surface area contributed by atoms with Gasteiger partial charge in [-0.3, -0.25) is 9.59 Å². The lowest BCUT2D eigenvalue weighted by Gasteiger charge is -2.29. The van der Waals surface area contributed by atoms with Crippen molar-refractivity contribution in [3.63, 3.8) is 0 Å². The van der Waals surface area contributed by atoms with Gasteiger partial charge in [-0.25, -0.2) is 0 Å². The predicted octanol–water partition coefficient (Wildman–Crippen LogP) is 5.42. The maximum absolute atomic E-state index is 13.3. The highest BCUT2D eigenvalue weighted by Crippen LogP contribution is 2.34. The fourth-order valence-electron chi connectivity index (χ4n) is 4.52. The van der Waals surface area contributed by atoms with E-state index in [1.165, 1.54) is 0 Å². The van der Waals surface area contributed by atoms with E-state index in [-0.39, 0.29) is 17.6 Å². The van der Waals surface area contributed by atoms with Gasteiger partial charge in [0.05, 0.1) is 21.3 Å². The van der Waals surface area contributed by atoms with Gasteiger partial charge in [0, 0.05) is 29.9 Å². The predicted molar refractivity (Wildman–Crippen MR) is 143 cm³/mol. The molecule has 2 amide bonds. The van der Waals surface area contributed by atoms with Crippen molar-refractivity contribution >= 4 is 17.5 Å². The Kier molecular flexibility index (Phi) is 7.04. The molecule has 8 heteroatoms. The van der Waals surface area contributed by atoms with Crippen LogP contribution in [0, 0.1) is 0 Å². The molecule has 3 aromatic carbocycles. The number of anilines is 1. The van der Waals surface area contributed by atoms with Gasteiger partial charge in [-0.15, -0.1) is 0 Å². The molecule has 194 valence electrons. The summed E-state index contributed by atoms with van der Waals surface area (Å²) in [4.78, 5) is 27.7. The van der Waals surface area contributed by atoms with Crippen molar-refractivity contribution in [2.75, 3.05) is 33.2 Å². The van der Waals surface area contributed by atoms with Crippen molar-refractivity contribution in [2.24, 2.45) is 0 Å². The van der Waals surface area contributed by atoms with Gasteiger partial charge in [0.1, 0.15) is 11.5 Å². The number of ether oxygens (including phenoxy) is 3. The monoisotopic (exact) mass is 512 g/mol. The molecular formula is C30H28N2O6. The van der Waals surface area contributed by atoms with E-state index in [1.807, 2.05) is 30.3 Å². The van der Waals surface area contributed by atoms with Crippen molar-refractivity contribution in [1.82, 2.24) is 4.90 Å². The summed E-state index contributed by atoms with van der Waals surface area (Å²) >= 11 is 0. The van der Waals surface area contributed by atoms with Gasteiger partial charge >= 0.3 is 0 Å². The van der Waals surface area contributed by atoms with Gasteiger partial charge in [-0.1, -0.05) is 12.1 Å². The van der Waals surface area contributed by atoms with Gasteiger partial charge in [0.15, 0.2) is 17.3 Å². The Hall–Kier alpha value is -4.72. The largest absolute Gasteiger partial charge is 0.497 e. The molecule has 1 N–H and O–H groups in total. The Morgan fingerprint density at radius 2 is 1.58 bits per heavy atom. The quantitative estimate of drug-likeness (QED) is 0.356. The highest BCUT2D eigenvalue weighted by Gasteiger charge is 2.26. The number of fused-ring (bicyclic) bond motifs is 1. The molecule has 1 aromatic heterocycles. The zero-order valence-electron chi connectivity index (χ0n) is 21.4. The van der Waals surface area contributed by atoms with E-state index >= 15 is 0 Å². The second-order valence-electron chi connectivity index (χ2n) is 8.88. The number of carbonyl (C=O) groups excluding carboxylic acids is 2. The van der Waals surface area contributed by atoms with Crippen LogP contribution in [0.25, 0.3) is 11.3 Å². The summed E-state index contributed by atoms with van der Waals surface area (Å²) in [5.74, 6) is 2.39. The van der Waals surface area contributed by atoms with Crippen molar-refractivity contribution in [2.45, 2.75) is 13.0 Å². The molecule has 2 heterocycles. The summed E-state index contributed by atoms with van der Waals surface area (Å²) in [6.07, 6.45) is 0.713. The van der Waals surface area contributed by atoms with E-state index in [1.54, 1.807) is 68.7 Å². The number of nitrogens with one attached hydrogen (secondary N) is 1. The molecule has 0 unspecified atom stereocenters. The SMILES string of the molecule is COc1ccc(C(=O)Nc2cccc(-c3ccc(C(=O)N4CCc5cc(OC)c(OC)cc5C4)o3)c2)cc1. The Bertz CT molecular complexity index is 1470. The van der Waals surface area contributed by atoms with Crippen LogP contribution in [0.15, 0.2) is 77.2 Å². The minimum absolute atomic E-state index is 0.180. The van der Waals surface area contributed by atoms with Gasteiger partial charge < -0.3 is 28.8 Å². The smallest absolute Gasteiger partial charge is 0.289 e. The number of hydrogen-bond donors (Lipinski definition) is 1. The average molecular weight is 513 g/mol. The van der Waals surface area contributed by atoms with Crippen LogP contribution in [0.4, 0.5) is 5.69 Å². The summed E-state index contributed by atoms with van der Waals surface area (Å²) in [7, 11) is 4.79. The molecule has 0 spiro atoms. The first-order chi connectivity index (χ1) is 18.5. The number of furan rings is 1. The zero-order chi connectivity index (χ0) is 26.6. The molecule has 0 atom stereocenters. The van der Waals surface area contributed by atoms with E-state index < -0.39 is 0 Å². The van der Waals surface area contributed by atoms with E-state index in [9.17, 15) is 9.59 Å². The van der Waals surface area contributed by atoms with Crippen molar-refractivity contribution in [1.29, 1.82) is 0 Å². The molecule has 0 aliphatic carbocycles. The van der Waals surface area contributed by atoms with Crippen LogP contribution in [0.1, 0.15) is 32.0 Å². The molecular weight excluding hydrogens is 484 g/mol. The van der Waals surface area contributed by atoms with Crippen molar-refractivity contribution in [3.05, 3.63) is 95.2 Å². The van der Waals surface area contributed by atoms with E-state index in [2.05, 4.69) is 5.32 Å². The van der Waals surface area contributed by atoms with Gasteiger partial charge in [-0.2, -0.15) is 0 Å². The Balaban J connectivity index is 1.29. The van der Waals surface area contributed by atoms with Crippen LogP contribution in [-0.2, 0) is 13.0 Å². The lowest BCUT2D eigenvalue weighted by atomic mass is 9.98. The van der Waals surface area contributed by atoms with Crippen molar-refractivity contribution in [3.8, 4) is 28.6 Å². The van der Waals surface area contributed by atoms with Crippen LogP contribution >= 0.6 is 0 Å². The second-order valence-corrected chi connectivity index (χ2v) is 8.88. The van der Waals surface area contributed by atoms with Crippen LogP contribution < -0.4 is 19.5 Å². The van der Waals surface area contributed by atoms with Gasteiger partial charge in [-0.05, 0) is 78.2 Å². The normalized spacial score (nSPS) is 12.4. The third kappa shape index (κ3) is 5.06. The van der Waals surface area contributed by atoms with Crippen LogP contribution in [0.2, 0.25) is 0 Å². The number of rotatable bonds is 7. The van der Waals surface area contributed by atoms with Gasteiger partial charge in [0.25, 0.3) is 11.8 Å². The zero-order valence-corrected chi connectivity index (χ0v) is 21.4. The molecule has 4 aromatic rings. The number of hydrogen-bond acceptors (Lipinski definition) is 6. The first kappa shape index (κ1) is 25.0. The summed E-state index contributed by atoms with van der Waals surface area (Å²) < 4.78 is 21.9. The highest BCUT2D eigenvalue weighted by atomic mass is 16.5. The fourth-order valence-corrected chi connectivity index (χ4v) is 4.52. The number of benzene rings is 3. The summed E-state index contributed by atoms with van der Waals surface area (Å²) in [5, 5.41) is 2.90. The number of amides is 2. The molecule has 1 aliphatic rings. The molecule has 8 nitrogen and oxygen atoms in total. The Morgan fingerprint density at radius 3 is 2.29 bits per heavy atom. The maximum atomic E-state index is 13.3. The molecule has 5 rings (SSSR count). The lowest BCUT2D eigenvalue weighted by molar-refractivity contribution is 0.0703. The number of carbonyl (C=O) groups is 2. The number of methoxy groups -OCH3 is 3. The lowest BCUT2D eigenvalue weighted by Crippen LogP contribution is -2.35. The topological polar surface area (TPSA) is 90.2 Å². The summed E-state index contributed by atoms with van der Waals surface area (Å²) in [6, 6.07) is 21.5. The molecule has 0 saturated carbocycles. The summed E-state index contributed by atoms with van der Waals surface area (Å²) in [5.41, 5.74) is 4.04. The highest BCUT2D eigenvalue weighted by molar-refractivity contribution is 6.04.